The van der Waals surface area contributed by atoms with Crippen molar-refractivity contribution in [3.63, 3.8) is 0 Å². The van der Waals surface area contributed by atoms with Gasteiger partial charge in [0.05, 0.1) is 25.3 Å². The maximum Gasteiger partial charge on any atom is 0.576 e. The van der Waals surface area contributed by atoms with E-state index in [9.17, 15) is 29.1 Å². The number of carbonyl (C=O) groups excluding carboxylic acids is 4. The molecule has 2 fully saturated rings. The molecule has 2 saturated heterocycles. The van der Waals surface area contributed by atoms with E-state index in [4.69, 9.17) is 14.0 Å². The van der Waals surface area contributed by atoms with Crippen LogP contribution in [0.4, 0.5) is 0 Å². The summed E-state index contributed by atoms with van der Waals surface area (Å²) in [7, 11) is 1.11. The summed E-state index contributed by atoms with van der Waals surface area (Å²) in [6, 6.07) is 12.8. The van der Waals surface area contributed by atoms with Crippen molar-refractivity contribution < 1.29 is 47.8 Å². The largest absolute Gasteiger partial charge is 0.718 e. The van der Waals surface area contributed by atoms with Gasteiger partial charge in [0.25, 0.3) is 11.9 Å². The first-order valence-corrected chi connectivity index (χ1v) is 13.8. The Morgan fingerprint density at radius 2 is 1.81 bits per heavy atom. The first-order valence-electron chi connectivity index (χ1n) is 13.8. The number of amides is 1. The van der Waals surface area contributed by atoms with Gasteiger partial charge in [0, 0.05) is 10.4 Å². The maximum atomic E-state index is 13.7. The van der Waals surface area contributed by atoms with Crippen LogP contribution in [0.3, 0.4) is 0 Å². The van der Waals surface area contributed by atoms with Crippen LogP contribution in [0.25, 0.3) is 11.3 Å². The molecule has 2 aliphatic rings. The standard InChI is InChI=1S/C29H35BN2O10/c1-17(2)13-20(30-40-24(35)15-29(42-30,28(38)39-4)16-25(36)41-30)14-23(34)26(18(3)33)32-27(37)22-12-8-11-21(31-22)19-9-6-5-7-10-19/h5-12,17-18,20,26,33,40H,13-16H2,1-4H3,(H,32,37)/t18-,20-,26+,29+,30?/m1/s1. The predicted octanol–water partition coefficient (Wildman–Crippen LogP) is 1.88. The molecule has 1 aromatic carbocycles. The molecule has 3 N–H and O–H groups in total. The van der Waals surface area contributed by atoms with Gasteiger partial charge in [-0.2, -0.15) is 0 Å². The maximum absolute atomic E-state index is 13.7. The Kier molecular flexibility index (Phi) is 9.12. The topological polar surface area (TPSA) is 171 Å². The van der Waals surface area contributed by atoms with Crippen molar-refractivity contribution in [2.75, 3.05) is 7.11 Å². The lowest BCUT2D eigenvalue weighted by Crippen LogP contribution is -2.71. The molecule has 42 heavy (non-hydrogen) atoms. The summed E-state index contributed by atoms with van der Waals surface area (Å²) >= 11 is 0. The number of pyridine rings is 1. The molecule has 224 valence electrons. The molecular weight excluding hydrogens is 547 g/mol. The number of ketones is 1. The Bertz CT molecular complexity index is 1340. The van der Waals surface area contributed by atoms with E-state index in [0.717, 1.165) is 12.7 Å². The van der Waals surface area contributed by atoms with E-state index < -0.39 is 72.8 Å². The van der Waals surface area contributed by atoms with Crippen LogP contribution in [0.5, 0.6) is 0 Å². The fourth-order valence-electron chi connectivity index (χ4n) is 5.59. The van der Waals surface area contributed by atoms with E-state index in [-0.39, 0.29) is 24.5 Å². The molecule has 0 saturated carbocycles. The number of benzene rings is 1. The van der Waals surface area contributed by atoms with Crippen molar-refractivity contribution in [2.24, 2.45) is 5.92 Å². The zero-order valence-electron chi connectivity index (χ0n) is 23.9. The lowest BCUT2D eigenvalue weighted by Gasteiger charge is -2.55. The number of hydrogen-bond acceptors (Lipinski definition) is 10. The predicted molar refractivity (Wildman–Crippen MR) is 150 cm³/mol. The van der Waals surface area contributed by atoms with Crippen LogP contribution in [0.1, 0.15) is 56.9 Å². The molecule has 1 aromatic heterocycles. The quantitative estimate of drug-likeness (QED) is 0.226. The third-order valence-electron chi connectivity index (χ3n) is 7.44. The van der Waals surface area contributed by atoms with Crippen molar-refractivity contribution in [1.29, 1.82) is 0 Å². The Morgan fingerprint density at radius 3 is 2.45 bits per heavy atom. The van der Waals surface area contributed by atoms with Gasteiger partial charge in [-0.15, -0.1) is 0 Å². The number of aliphatic carboxylic acids is 1. The molecule has 2 aromatic rings. The van der Waals surface area contributed by atoms with Gasteiger partial charge in [0.2, 0.25) is 0 Å². The number of rotatable bonds is 11. The number of aliphatic hydroxyl groups excluding tert-OH is 1. The second-order valence-electron chi connectivity index (χ2n) is 11.2. The van der Waals surface area contributed by atoms with Gasteiger partial charge < -0.3 is 29.1 Å². The number of carboxylic acids is 1. The summed E-state index contributed by atoms with van der Waals surface area (Å²) in [4.78, 5) is 69.4. The monoisotopic (exact) mass is 582 g/mol. The molecule has 5 atom stereocenters. The highest BCUT2D eigenvalue weighted by Gasteiger charge is 2.65. The molecule has 0 radical (unpaired) electrons. The van der Waals surface area contributed by atoms with Gasteiger partial charge in [0.1, 0.15) is 18.2 Å². The number of carbonyl (C=O) groups is 5. The number of Topliss-reactive ketones (excluding diaryl/α,β-unsaturated/α-hetero) is 1. The Morgan fingerprint density at radius 1 is 1.10 bits per heavy atom. The van der Waals surface area contributed by atoms with Crippen LogP contribution in [0.15, 0.2) is 48.5 Å². The number of methoxy groups -OCH3 is 1. The molecule has 2 bridgehead atoms. The molecule has 2 aliphatic heterocycles. The van der Waals surface area contributed by atoms with Crippen molar-refractivity contribution in [2.45, 2.75) is 70.0 Å². The number of nitrogens with zero attached hydrogens (tertiary/aromatic N) is 1. The van der Waals surface area contributed by atoms with E-state index in [0.29, 0.717) is 5.69 Å². The zero-order chi connectivity index (χ0) is 30.7. The average molecular weight is 582 g/mol. The van der Waals surface area contributed by atoms with Gasteiger partial charge >= 0.3 is 18.7 Å². The van der Waals surface area contributed by atoms with Crippen LogP contribution in [0.2, 0.25) is 5.82 Å². The van der Waals surface area contributed by atoms with Gasteiger partial charge in [-0.1, -0.05) is 56.7 Å². The first kappa shape index (κ1) is 30.9. The third kappa shape index (κ3) is 6.52. The number of esters is 1. The number of ether oxygens (including phenoxy) is 1. The molecule has 1 unspecified atom stereocenters. The van der Waals surface area contributed by atoms with Crippen molar-refractivity contribution in [1.82, 2.24) is 10.3 Å². The summed E-state index contributed by atoms with van der Waals surface area (Å²) in [6.07, 6.45) is -2.51. The minimum absolute atomic E-state index is 0.0385. The van der Waals surface area contributed by atoms with Gasteiger partial charge in [0.15, 0.2) is 11.4 Å². The molecular formula is C29H35BN2O10. The summed E-state index contributed by atoms with van der Waals surface area (Å²) in [5.41, 5.74) is -0.522. The van der Waals surface area contributed by atoms with Gasteiger partial charge in [-0.05, 0) is 37.2 Å². The summed E-state index contributed by atoms with van der Waals surface area (Å²) in [5, 5.41) is 13.1. The Labute approximate surface area is 243 Å². The highest BCUT2D eigenvalue weighted by molar-refractivity contribution is 6.66. The minimum Gasteiger partial charge on any atom is -0.718 e. The lowest BCUT2D eigenvalue weighted by molar-refractivity contribution is -0.209. The smallest absolute Gasteiger partial charge is 0.576 e. The Hall–Kier alpha value is -4.10. The highest BCUT2D eigenvalue weighted by atomic mass is 16.8. The second-order valence-corrected chi connectivity index (χ2v) is 11.2. The van der Waals surface area contributed by atoms with Crippen LogP contribution in [-0.2, 0) is 33.2 Å². The number of aliphatic hydroxyl groups is 1. The summed E-state index contributed by atoms with van der Waals surface area (Å²) < 4.78 is 20.5. The zero-order valence-corrected chi connectivity index (χ0v) is 23.9. The third-order valence-corrected chi connectivity index (χ3v) is 7.44. The fraction of sp³-hybridized carbons (Fsp3) is 0.448. The lowest BCUT2D eigenvalue weighted by atomic mass is 9.55. The first-order chi connectivity index (χ1) is 19.9. The molecule has 3 heterocycles. The van der Waals surface area contributed by atoms with E-state index in [1.165, 1.54) is 13.0 Å². The Balaban J connectivity index is 1.59. The molecule has 4 rings (SSSR count). The summed E-state index contributed by atoms with van der Waals surface area (Å²) in [6.45, 7) is 1.93. The normalized spacial score (nSPS) is 23.7. The highest BCUT2D eigenvalue weighted by Crippen LogP contribution is 2.45. The second kappa shape index (κ2) is 12.4. The van der Waals surface area contributed by atoms with E-state index >= 15 is 0 Å². The van der Waals surface area contributed by atoms with Crippen molar-refractivity contribution in [3.05, 3.63) is 54.2 Å². The van der Waals surface area contributed by atoms with Crippen LogP contribution in [-0.4, -0.2) is 76.0 Å². The van der Waals surface area contributed by atoms with Gasteiger partial charge in [-0.25, -0.2) is 9.78 Å². The number of aromatic nitrogens is 1. The minimum atomic E-state index is -3.13. The van der Waals surface area contributed by atoms with Crippen molar-refractivity contribution in [3.8, 4) is 11.3 Å². The van der Waals surface area contributed by atoms with Crippen molar-refractivity contribution >= 4 is 36.4 Å². The van der Waals surface area contributed by atoms with Gasteiger partial charge in [-0.3, -0.25) is 14.4 Å². The molecule has 12 nitrogen and oxygen atoms in total. The SMILES string of the molecule is COC(=O)[C@]12CC(=O)O[B-]([C@@H](CC(=O)[C@@H](NC(=O)c3cccc(-c4ccccc4)n3)[C@@H](C)O)CC(C)C)(O1)[OH+]C(=O)C2. The van der Waals surface area contributed by atoms with Crippen LogP contribution < -0.4 is 5.32 Å². The summed E-state index contributed by atoms with van der Waals surface area (Å²) in [5.74, 6) is -4.78. The van der Waals surface area contributed by atoms with E-state index in [2.05, 4.69) is 15.0 Å². The van der Waals surface area contributed by atoms with E-state index in [1.54, 1.807) is 12.1 Å². The van der Waals surface area contributed by atoms with Crippen LogP contribution >= 0.6 is 0 Å². The number of nitrogens with one attached hydrogen (secondary N) is 1. The molecule has 13 heteroatoms. The number of hydrogen-bond donors (Lipinski definition) is 2. The number of fused-ring (bicyclic) bond motifs is 2. The van der Waals surface area contributed by atoms with Crippen LogP contribution in [0, 0.1) is 5.92 Å². The molecule has 1 amide bonds. The fourth-order valence-corrected chi connectivity index (χ4v) is 5.59. The van der Waals surface area contributed by atoms with E-state index in [1.807, 2.05) is 44.2 Å². The molecule has 0 aliphatic carbocycles. The average Bonchev–Trinajstić information content (AvgIpc) is 2.94. The molecule has 0 spiro atoms.